The van der Waals surface area contributed by atoms with E-state index in [1.807, 2.05) is 82.9 Å². The van der Waals surface area contributed by atoms with Gasteiger partial charge in [-0.15, -0.1) is 0 Å². The minimum Gasteiger partial charge on any atom is -0.358 e. The van der Waals surface area contributed by atoms with Gasteiger partial charge in [0.15, 0.2) is 33.9 Å². The smallest absolute Gasteiger partial charge is 0.358 e. The molecular formula is C68H71BF16N3NiOP2-. The Hall–Kier alpha value is -6.29. The second-order valence-electron chi connectivity index (χ2n) is 23.2. The van der Waals surface area contributed by atoms with Crippen LogP contribution < -0.4 is 43.1 Å². The summed E-state index contributed by atoms with van der Waals surface area (Å²) < 4.78 is 251. The molecule has 8 aromatic rings. The minimum absolute atomic E-state index is 0. The summed E-state index contributed by atoms with van der Waals surface area (Å²) in [5, 5.41) is -0.163. The Balaban J connectivity index is 0.000000354. The van der Waals surface area contributed by atoms with Crippen LogP contribution in [0, 0.1) is 58.4 Å². The number of alkyl halides is 12. The zero-order valence-electron chi connectivity index (χ0n) is 52.5. The van der Waals surface area contributed by atoms with E-state index in [1.165, 1.54) is 38.1 Å². The minimum atomic E-state index is -5.35. The molecule has 0 saturated heterocycles. The number of hydrogen-bond donors (Lipinski definition) is 0. The van der Waals surface area contributed by atoms with Gasteiger partial charge in [-0.25, -0.2) is 26.9 Å². The fourth-order valence-electron chi connectivity index (χ4n) is 12.0. The molecule has 92 heavy (non-hydrogen) atoms. The molecule has 1 heterocycles. The number of aryl methyl sites for hydroxylation is 4. The maximum absolute atomic E-state index is 15.8. The van der Waals surface area contributed by atoms with Gasteiger partial charge >= 0.3 is 24.7 Å². The van der Waals surface area contributed by atoms with Crippen LogP contribution in [0.15, 0.2) is 164 Å². The van der Waals surface area contributed by atoms with Gasteiger partial charge < -0.3 is 7.43 Å². The van der Waals surface area contributed by atoms with Crippen LogP contribution in [-0.2, 0) is 45.8 Å². The zero-order valence-corrected chi connectivity index (χ0v) is 55.4. The third-order valence-corrected chi connectivity index (χ3v) is 22.2. The molecule has 0 bridgehead atoms. The molecule has 1 aromatic heterocycles. The molecule has 0 aliphatic heterocycles. The van der Waals surface area contributed by atoms with E-state index >= 15 is 22.1 Å². The predicted octanol–water partition coefficient (Wildman–Crippen LogP) is 16.7. The van der Waals surface area contributed by atoms with E-state index in [1.54, 1.807) is 56.6 Å². The summed E-state index contributed by atoms with van der Waals surface area (Å²) in [5.41, 5.74) is -7.05. The molecule has 0 amide bonds. The van der Waals surface area contributed by atoms with Crippen molar-refractivity contribution in [3.63, 3.8) is 0 Å². The summed E-state index contributed by atoms with van der Waals surface area (Å²) in [4.78, 5) is 3.78. The molecule has 0 radical (unpaired) electrons. The number of rotatable bonds is 14. The van der Waals surface area contributed by atoms with E-state index < -0.39 is 119 Å². The van der Waals surface area contributed by atoms with Crippen molar-refractivity contribution in [2.24, 2.45) is 0 Å². The van der Waals surface area contributed by atoms with Gasteiger partial charge in [0.05, 0.1) is 27.6 Å². The van der Waals surface area contributed by atoms with Gasteiger partial charge in [-0.2, -0.15) is 74.5 Å². The van der Waals surface area contributed by atoms with Gasteiger partial charge in [0.1, 0.15) is 19.4 Å². The molecule has 4 nitrogen and oxygen atoms in total. The summed E-state index contributed by atoms with van der Waals surface area (Å²) in [5.74, 6) is -3.59. The van der Waals surface area contributed by atoms with Gasteiger partial charge in [-0.3, -0.25) is 9.55 Å². The van der Waals surface area contributed by atoms with Crippen molar-refractivity contribution in [3.8, 4) is 0 Å². The van der Waals surface area contributed by atoms with Gasteiger partial charge in [-0.05, 0) is 150 Å². The van der Waals surface area contributed by atoms with E-state index in [4.69, 9.17) is 0 Å². The van der Waals surface area contributed by atoms with Crippen LogP contribution in [0.4, 0.5) is 70.2 Å². The maximum atomic E-state index is 15.8. The summed E-state index contributed by atoms with van der Waals surface area (Å²) in [7, 11) is -6.71. The molecule has 0 aliphatic rings. The van der Waals surface area contributed by atoms with Crippen LogP contribution in [-0.4, -0.2) is 44.6 Å². The molecular weight excluding hydrogens is 1310 g/mol. The molecule has 0 N–H and O–H groups in total. The number of halogens is 16. The predicted molar refractivity (Wildman–Crippen MR) is 338 cm³/mol. The Morgan fingerprint density at radius 1 is 0.402 bits per heavy atom. The Morgan fingerprint density at radius 2 is 0.696 bits per heavy atom. The largest absolute Gasteiger partial charge is 0.416 e. The summed E-state index contributed by atoms with van der Waals surface area (Å²) in [6.07, 6.45) is -20.8. The molecule has 24 heteroatoms. The van der Waals surface area contributed by atoms with Crippen molar-refractivity contribution in [2.45, 2.75) is 132 Å². The van der Waals surface area contributed by atoms with E-state index in [9.17, 15) is 52.7 Å². The third kappa shape index (κ3) is 17.5. The summed E-state index contributed by atoms with van der Waals surface area (Å²) in [6, 6.07) is 28.4. The second-order valence-corrected chi connectivity index (χ2v) is 28.0. The first kappa shape index (κ1) is 78.2. The van der Waals surface area contributed by atoms with Crippen molar-refractivity contribution in [2.75, 3.05) is 0 Å². The average Bonchev–Trinajstić information content (AvgIpc) is 0.726. The molecule has 8 rings (SSSR count). The number of hydrogen-bond acceptors (Lipinski definition) is 2. The van der Waals surface area contributed by atoms with Crippen molar-refractivity contribution in [1.82, 2.24) is 14.3 Å². The Kier molecular flexibility index (Phi) is 26.2. The van der Waals surface area contributed by atoms with E-state index in [0.29, 0.717) is 40.7 Å². The third-order valence-electron chi connectivity index (χ3n) is 14.9. The number of pyridine rings is 1. The monoisotopic (exact) mass is 1380 g/mol. The fourth-order valence-corrected chi connectivity index (χ4v) is 19.4. The first-order valence-corrected chi connectivity index (χ1v) is 31.6. The molecule has 0 unspecified atom stereocenters. The Bertz CT molecular complexity index is 3560. The van der Waals surface area contributed by atoms with Gasteiger partial charge in [0.25, 0.3) is 7.44 Å². The standard InChI is InChI=1S/C32H24BF12.C30H38F4N2OP2.C5H5N.CH3.Ni/c1-17-5-18(2)9-25(8-17)33(26-10-19(3)6-21(13-26)29(34,35)36,27-11-20(4)7-22(14-27)30(37,38)39)28-15-23(31(40,41)42)12-24(16-28)32(43,44)45;1-19(2)35(20(3)4)39(37,36(21(5)6)22(7)8)28-18-10-9-17-27(28)38(29-23(31)13-11-14-24(29)32)30-25(33)15-12-16-26(30)34;1-2-4-6-5-3-1;;/h5-16H,1-4H3;9-22H,1-8H3;1-5H;1H3;/q-1;;;-1;/p+1. The molecule has 7 aromatic carbocycles. The van der Waals surface area contributed by atoms with E-state index in [0.717, 1.165) is 48.5 Å². The number of nitrogens with zero attached hydrogens (tertiary/aromatic N) is 3. The average molecular weight is 1380 g/mol. The van der Waals surface area contributed by atoms with Crippen molar-refractivity contribution in [3.05, 3.63) is 239 Å². The van der Waals surface area contributed by atoms with Gasteiger partial charge in [0, 0.05) is 53.1 Å². The topological polar surface area (TPSA) is 36.4 Å². The van der Waals surface area contributed by atoms with Crippen LogP contribution in [0.2, 0.25) is 0 Å². The second kappa shape index (κ2) is 30.9. The van der Waals surface area contributed by atoms with Crippen LogP contribution in [0.1, 0.15) is 99.9 Å². The quantitative estimate of drug-likeness (QED) is 0.0471. The molecule has 0 atom stereocenters. The van der Waals surface area contributed by atoms with Gasteiger partial charge in [0.2, 0.25) is 0 Å². The van der Waals surface area contributed by atoms with E-state index in [-0.39, 0.29) is 76.0 Å². The van der Waals surface area contributed by atoms with E-state index in [2.05, 4.69) is 4.98 Å². The number of aromatic nitrogens is 1. The molecule has 500 valence electrons. The molecule has 0 fully saturated rings. The normalized spacial score (nSPS) is 12.5. The first-order valence-electron chi connectivity index (χ1n) is 28.5. The maximum Gasteiger partial charge on any atom is 0.416 e. The van der Waals surface area contributed by atoms with Crippen LogP contribution in [0.3, 0.4) is 0 Å². The Labute approximate surface area is 539 Å². The first-order chi connectivity index (χ1) is 41.7. The Morgan fingerprint density at radius 3 is 0.989 bits per heavy atom. The summed E-state index contributed by atoms with van der Waals surface area (Å²) in [6.45, 7) is 21.2. The fraction of sp³-hybridized carbons (Fsp3) is 0.294. The van der Waals surface area contributed by atoms with Gasteiger partial charge in [-0.1, -0.05) is 107 Å². The van der Waals surface area contributed by atoms with Crippen LogP contribution in [0.25, 0.3) is 0 Å². The van der Waals surface area contributed by atoms with Crippen LogP contribution >= 0.6 is 15.4 Å². The van der Waals surface area contributed by atoms with Crippen molar-refractivity contribution >= 4 is 64.6 Å². The summed E-state index contributed by atoms with van der Waals surface area (Å²) >= 11 is 0. The molecule has 0 aliphatic carbocycles. The zero-order chi connectivity index (χ0) is 67.4. The number of benzene rings is 7. The molecule has 0 spiro atoms. The van der Waals surface area contributed by atoms with Crippen molar-refractivity contribution < 1.29 is 91.3 Å². The van der Waals surface area contributed by atoms with Crippen molar-refractivity contribution in [1.29, 1.82) is 0 Å². The SMILES string of the molecule is CC(C)N(C(C)C)P(=O)(c1ccccc1[PH+](c1c(F)cccc1F)c1c(F)cccc1F)N(C(C)C)C(C)C.Cc1cc(C)cc([B-](c2cc(C)cc(C(F)(F)F)c2)(c2cc(C)cc(C(F)(F)F)c2)c2cc(C(F)(F)F)cc(C(F)(F)F)c2)c1.[CH3-].[Ni].c1ccncc1. The molecule has 0 saturated carbocycles. The van der Waals surface area contributed by atoms with Crippen LogP contribution in [0.5, 0.6) is 0 Å².